The SMILES string of the molecule is CCc1ccc(NCc2cccs2)cc1. The Labute approximate surface area is 94.8 Å². The Kier molecular flexibility index (Phi) is 3.41. The highest BCUT2D eigenvalue weighted by Crippen LogP contribution is 2.14. The first-order chi connectivity index (χ1) is 7.38. The van der Waals surface area contributed by atoms with Gasteiger partial charge in [-0.15, -0.1) is 11.3 Å². The normalized spacial score (nSPS) is 10.2. The van der Waals surface area contributed by atoms with Crippen molar-refractivity contribution in [2.75, 3.05) is 5.32 Å². The molecular formula is C13H15NS. The molecule has 1 N–H and O–H groups in total. The lowest BCUT2D eigenvalue weighted by Crippen LogP contribution is -1.97. The van der Waals surface area contributed by atoms with Crippen LogP contribution in [0, 0.1) is 0 Å². The van der Waals surface area contributed by atoms with Crippen LogP contribution in [0.25, 0.3) is 0 Å². The summed E-state index contributed by atoms with van der Waals surface area (Å²) < 4.78 is 0. The number of aryl methyl sites for hydroxylation is 1. The number of hydrogen-bond donors (Lipinski definition) is 1. The van der Waals surface area contributed by atoms with E-state index in [1.54, 1.807) is 11.3 Å². The minimum atomic E-state index is 0.920. The smallest absolute Gasteiger partial charge is 0.0494 e. The van der Waals surface area contributed by atoms with Crippen molar-refractivity contribution in [3.05, 3.63) is 52.2 Å². The summed E-state index contributed by atoms with van der Waals surface area (Å²) in [5.74, 6) is 0. The molecule has 0 spiro atoms. The van der Waals surface area contributed by atoms with Crippen molar-refractivity contribution in [3.63, 3.8) is 0 Å². The van der Waals surface area contributed by atoms with Gasteiger partial charge in [0.2, 0.25) is 0 Å². The lowest BCUT2D eigenvalue weighted by Gasteiger charge is -2.05. The maximum Gasteiger partial charge on any atom is 0.0494 e. The topological polar surface area (TPSA) is 12.0 Å². The van der Waals surface area contributed by atoms with E-state index in [2.05, 4.69) is 54.0 Å². The van der Waals surface area contributed by atoms with Gasteiger partial charge in [0, 0.05) is 17.1 Å². The van der Waals surface area contributed by atoms with E-state index in [1.165, 1.54) is 16.1 Å². The molecule has 2 rings (SSSR count). The molecule has 15 heavy (non-hydrogen) atoms. The Bertz CT molecular complexity index is 389. The third-order valence-electron chi connectivity index (χ3n) is 2.41. The Morgan fingerprint density at radius 2 is 1.93 bits per heavy atom. The van der Waals surface area contributed by atoms with Gasteiger partial charge in [0.1, 0.15) is 0 Å². The summed E-state index contributed by atoms with van der Waals surface area (Å²) in [6, 6.07) is 12.9. The molecule has 2 aromatic rings. The molecule has 0 aliphatic carbocycles. The fourth-order valence-corrected chi connectivity index (χ4v) is 2.11. The van der Waals surface area contributed by atoms with E-state index in [4.69, 9.17) is 0 Å². The second kappa shape index (κ2) is 4.99. The highest BCUT2D eigenvalue weighted by atomic mass is 32.1. The van der Waals surface area contributed by atoms with Crippen molar-refractivity contribution in [3.8, 4) is 0 Å². The molecule has 0 aliphatic rings. The van der Waals surface area contributed by atoms with Gasteiger partial charge in [0.15, 0.2) is 0 Å². The fraction of sp³-hybridized carbons (Fsp3) is 0.231. The molecule has 0 atom stereocenters. The average molecular weight is 217 g/mol. The van der Waals surface area contributed by atoms with Crippen LogP contribution < -0.4 is 5.32 Å². The number of hydrogen-bond acceptors (Lipinski definition) is 2. The molecule has 78 valence electrons. The first-order valence-corrected chi connectivity index (χ1v) is 6.11. The summed E-state index contributed by atoms with van der Waals surface area (Å²) in [4.78, 5) is 1.37. The molecule has 0 aliphatic heterocycles. The monoisotopic (exact) mass is 217 g/mol. The molecule has 0 amide bonds. The summed E-state index contributed by atoms with van der Waals surface area (Å²) in [5.41, 5.74) is 2.58. The van der Waals surface area contributed by atoms with Crippen molar-refractivity contribution >= 4 is 17.0 Å². The molecule has 1 aromatic carbocycles. The third-order valence-corrected chi connectivity index (χ3v) is 3.29. The van der Waals surface area contributed by atoms with Crippen molar-refractivity contribution in [2.24, 2.45) is 0 Å². The van der Waals surface area contributed by atoms with Gasteiger partial charge in [-0.25, -0.2) is 0 Å². The molecular weight excluding hydrogens is 202 g/mol. The number of thiophene rings is 1. The van der Waals surface area contributed by atoms with Crippen LogP contribution >= 0.6 is 11.3 Å². The van der Waals surface area contributed by atoms with E-state index in [9.17, 15) is 0 Å². The minimum Gasteiger partial charge on any atom is -0.380 e. The van der Waals surface area contributed by atoms with Crippen LogP contribution in [0.5, 0.6) is 0 Å². The second-order valence-corrected chi connectivity index (χ2v) is 4.52. The maximum absolute atomic E-state index is 3.41. The van der Waals surface area contributed by atoms with Gasteiger partial charge in [-0.05, 0) is 35.6 Å². The summed E-state index contributed by atoms with van der Waals surface area (Å²) in [6.45, 7) is 3.09. The van der Waals surface area contributed by atoms with Gasteiger partial charge >= 0.3 is 0 Å². The summed E-state index contributed by atoms with van der Waals surface area (Å²) in [7, 11) is 0. The molecule has 0 fully saturated rings. The van der Waals surface area contributed by atoms with E-state index in [0.717, 1.165) is 13.0 Å². The lowest BCUT2D eigenvalue weighted by atomic mass is 10.1. The molecule has 1 nitrogen and oxygen atoms in total. The highest BCUT2D eigenvalue weighted by molar-refractivity contribution is 7.09. The largest absolute Gasteiger partial charge is 0.380 e. The number of nitrogens with one attached hydrogen (secondary N) is 1. The lowest BCUT2D eigenvalue weighted by molar-refractivity contribution is 1.13. The number of rotatable bonds is 4. The summed E-state index contributed by atoms with van der Waals surface area (Å²) >= 11 is 1.79. The Balaban J connectivity index is 1.93. The fourth-order valence-electron chi connectivity index (χ4n) is 1.46. The highest BCUT2D eigenvalue weighted by Gasteiger charge is 1.94. The van der Waals surface area contributed by atoms with Crippen LogP contribution in [-0.2, 0) is 13.0 Å². The van der Waals surface area contributed by atoms with Crippen molar-refractivity contribution < 1.29 is 0 Å². The standard InChI is InChI=1S/C13H15NS/c1-2-11-5-7-12(8-6-11)14-10-13-4-3-9-15-13/h3-9,14H,2,10H2,1H3. The van der Waals surface area contributed by atoms with E-state index >= 15 is 0 Å². The predicted molar refractivity (Wildman–Crippen MR) is 67.5 cm³/mol. The van der Waals surface area contributed by atoms with Crippen LogP contribution in [0.3, 0.4) is 0 Å². The molecule has 0 bridgehead atoms. The minimum absolute atomic E-state index is 0.920. The Morgan fingerprint density at radius 1 is 1.13 bits per heavy atom. The molecule has 2 heteroatoms. The molecule has 0 radical (unpaired) electrons. The number of benzene rings is 1. The zero-order valence-corrected chi connectivity index (χ0v) is 9.68. The molecule has 1 heterocycles. The van der Waals surface area contributed by atoms with Gasteiger partial charge in [-0.3, -0.25) is 0 Å². The van der Waals surface area contributed by atoms with Crippen molar-refractivity contribution in [1.29, 1.82) is 0 Å². The molecule has 0 saturated heterocycles. The van der Waals surface area contributed by atoms with Gasteiger partial charge < -0.3 is 5.32 Å². The van der Waals surface area contributed by atoms with Crippen molar-refractivity contribution in [2.45, 2.75) is 19.9 Å². The third kappa shape index (κ3) is 2.83. The van der Waals surface area contributed by atoms with Crippen LogP contribution in [0.2, 0.25) is 0 Å². The Morgan fingerprint density at radius 3 is 2.53 bits per heavy atom. The van der Waals surface area contributed by atoms with Crippen LogP contribution in [-0.4, -0.2) is 0 Å². The first kappa shape index (κ1) is 10.2. The molecule has 0 unspecified atom stereocenters. The zero-order chi connectivity index (χ0) is 10.5. The van der Waals surface area contributed by atoms with Gasteiger partial charge in [-0.2, -0.15) is 0 Å². The van der Waals surface area contributed by atoms with Crippen LogP contribution in [0.15, 0.2) is 41.8 Å². The molecule has 0 saturated carbocycles. The summed E-state index contributed by atoms with van der Waals surface area (Å²) in [6.07, 6.45) is 1.10. The van der Waals surface area contributed by atoms with E-state index < -0.39 is 0 Å². The summed E-state index contributed by atoms with van der Waals surface area (Å²) in [5, 5.41) is 5.52. The first-order valence-electron chi connectivity index (χ1n) is 5.23. The average Bonchev–Trinajstić information content (AvgIpc) is 2.80. The maximum atomic E-state index is 3.41. The zero-order valence-electron chi connectivity index (χ0n) is 8.86. The van der Waals surface area contributed by atoms with Crippen molar-refractivity contribution in [1.82, 2.24) is 0 Å². The predicted octanol–water partition coefficient (Wildman–Crippen LogP) is 3.92. The van der Waals surface area contributed by atoms with E-state index in [0.29, 0.717) is 0 Å². The number of anilines is 1. The van der Waals surface area contributed by atoms with Crippen LogP contribution in [0.1, 0.15) is 17.4 Å². The van der Waals surface area contributed by atoms with Crippen LogP contribution in [0.4, 0.5) is 5.69 Å². The quantitative estimate of drug-likeness (QED) is 0.818. The van der Waals surface area contributed by atoms with Gasteiger partial charge in [0.05, 0.1) is 0 Å². The van der Waals surface area contributed by atoms with Gasteiger partial charge in [0.25, 0.3) is 0 Å². The van der Waals surface area contributed by atoms with E-state index in [1.807, 2.05) is 0 Å². The second-order valence-electron chi connectivity index (χ2n) is 3.48. The van der Waals surface area contributed by atoms with Gasteiger partial charge in [-0.1, -0.05) is 25.1 Å². The van der Waals surface area contributed by atoms with E-state index in [-0.39, 0.29) is 0 Å². The molecule has 1 aromatic heterocycles. The Hall–Kier alpha value is -1.28.